The van der Waals surface area contributed by atoms with Crippen molar-refractivity contribution < 1.29 is 22.7 Å². The van der Waals surface area contributed by atoms with Crippen molar-refractivity contribution >= 4 is 27.5 Å². The number of anilines is 1. The largest absolute Gasteiger partial charge is 0.497 e. The van der Waals surface area contributed by atoms with E-state index in [1.807, 2.05) is 51.1 Å². The summed E-state index contributed by atoms with van der Waals surface area (Å²) in [4.78, 5) is 28.0. The van der Waals surface area contributed by atoms with Crippen molar-refractivity contribution in [1.82, 2.24) is 10.2 Å². The molecule has 34 heavy (non-hydrogen) atoms. The molecule has 2 aromatic carbocycles. The highest BCUT2D eigenvalue weighted by molar-refractivity contribution is 7.92. The molecule has 0 aliphatic heterocycles. The van der Waals surface area contributed by atoms with E-state index < -0.39 is 28.5 Å². The van der Waals surface area contributed by atoms with E-state index in [2.05, 4.69) is 5.32 Å². The van der Waals surface area contributed by atoms with Gasteiger partial charge in [-0.15, -0.1) is 0 Å². The van der Waals surface area contributed by atoms with Crippen molar-refractivity contribution in [3.8, 4) is 5.75 Å². The first-order valence-corrected chi connectivity index (χ1v) is 13.1. The van der Waals surface area contributed by atoms with Crippen LogP contribution in [-0.4, -0.2) is 57.6 Å². The minimum absolute atomic E-state index is 0.188. The van der Waals surface area contributed by atoms with Gasteiger partial charge in [-0.05, 0) is 42.2 Å². The monoisotopic (exact) mass is 489 g/mol. The van der Waals surface area contributed by atoms with Crippen LogP contribution in [0, 0.1) is 5.92 Å². The van der Waals surface area contributed by atoms with E-state index in [4.69, 9.17) is 4.74 Å². The summed E-state index contributed by atoms with van der Waals surface area (Å²) in [6, 6.07) is 15.0. The average molecular weight is 490 g/mol. The molecular formula is C25H35N3O5S. The Hall–Kier alpha value is -3.07. The van der Waals surface area contributed by atoms with Crippen LogP contribution in [0.3, 0.4) is 0 Å². The number of hydrogen-bond donors (Lipinski definition) is 1. The maximum atomic E-state index is 13.6. The number of rotatable bonds is 12. The van der Waals surface area contributed by atoms with Crippen LogP contribution in [0.25, 0.3) is 0 Å². The second-order valence-electron chi connectivity index (χ2n) is 8.54. The number of sulfonamides is 1. The quantitative estimate of drug-likeness (QED) is 0.494. The van der Waals surface area contributed by atoms with Crippen LogP contribution in [0.4, 0.5) is 5.69 Å². The van der Waals surface area contributed by atoms with Crippen LogP contribution in [0.1, 0.15) is 32.8 Å². The Morgan fingerprint density at radius 2 is 1.65 bits per heavy atom. The number of amides is 2. The predicted octanol–water partition coefficient (Wildman–Crippen LogP) is 3.04. The highest BCUT2D eigenvalue weighted by Gasteiger charge is 2.31. The van der Waals surface area contributed by atoms with Gasteiger partial charge in [0.15, 0.2) is 0 Å². The van der Waals surface area contributed by atoms with Crippen LogP contribution in [-0.2, 0) is 26.2 Å². The van der Waals surface area contributed by atoms with Gasteiger partial charge in [0, 0.05) is 13.1 Å². The third-order valence-electron chi connectivity index (χ3n) is 5.31. The summed E-state index contributed by atoms with van der Waals surface area (Å²) in [6.45, 7) is 6.08. The Morgan fingerprint density at radius 3 is 2.15 bits per heavy atom. The molecule has 2 rings (SSSR count). The maximum Gasteiger partial charge on any atom is 0.244 e. The summed E-state index contributed by atoms with van der Waals surface area (Å²) in [6.07, 6.45) is 1.45. The minimum Gasteiger partial charge on any atom is -0.497 e. The lowest BCUT2D eigenvalue weighted by atomic mass is 10.1. The normalized spacial score (nSPS) is 12.2. The summed E-state index contributed by atoms with van der Waals surface area (Å²) in [7, 11) is -2.25. The Morgan fingerprint density at radius 1 is 1.03 bits per heavy atom. The van der Waals surface area contributed by atoms with Crippen LogP contribution in [0.15, 0.2) is 54.6 Å². The average Bonchev–Trinajstić information content (AvgIpc) is 2.81. The third kappa shape index (κ3) is 7.76. The van der Waals surface area contributed by atoms with Crippen molar-refractivity contribution in [2.24, 2.45) is 5.92 Å². The van der Waals surface area contributed by atoms with E-state index in [1.165, 1.54) is 12.0 Å². The molecule has 2 aromatic rings. The fourth-order valence-electron chi connectivity index (χ4n) is 3.48. The molecule has 0 aliphatic rings. The SMILES string of the molecule is CC[C@H](C(=O)NCC(C)C)N(Cc1ccccc1)C(=O)CN(c1ccc(OC)cc1)S(C)(=O)=O. The molecule has 0 unspecified atom stereocenters. The number of methoxy groups -OCH3 is 1. The maximum absolute atomic E-state index is 13.6. The van der Waals surface area contributed by atoms with Gasteiger partial charge in [-0.2, -0.15) is 0 Å². The minimum atomic E-state index is -3.77. The number of nitrogens with zero attached hydrogens (tertiary/aromatic N) is 2. The fraction of sp³-hybridized carbons (Fsp3) is 0.440. The lowest BCUT2D eigenvalue weighted by molar-refractivity contribution is -0.140. The first-order chi connectivity index (χ1) is 16.1. The van der Waals surface area contributed by atoms with E-state index >= 15 is 0 Å². The molecule has 0 bridgehead atoms. The molecule has 0 fully saturated rings. The van der Waals surface area contributed by atoms with Crippen molar-refractivity contribution in [3.63, 3.8) is 0 Å². The third-order valence-corrected chi connectivity index (χ3v) is 6.45. The second-order valence-corrected chi connectivity index (χ2v) is 10.4. The lowest BCUT2D eigenvalue weighted by Crippen LogP contribution is -2.52. The first kappa shape index (κ1) is 27.2. The van der Waals surface area contributed by atoms with Crippen LogP contribution in [0.5, 0.6) is 5.75 Å². The molecule has 0 spiro atoms. The first-order valence-electron chi connectivity index (χ1n) is 11.3. The molecule has 8 nitrogen and oxygen atoms in total. The van der Waals surface area contributed by atoms with Gasteiger partial charge in [-0.3, -0.25) is 13.9 Å². The van der Waals surface area contributed by atoms with Crippen molar-refractivity contribution in [1.29, 1.82) is 0 Å². The second kappa shape index (κ2) is 12.4. The van der Waals surface area contributed by atoms with E-state index in [-0.39, 0.29) is 18.4 Å². The Bertz CT molecular complexity index is 1040. The highest BCUT2D eigenvalue weighted by Crippen LogP contribution is 2.22. The van der Waals surface area contributed by atoms with E-state index in [1.54, 1.807) is 24.3 Å². The molecule has 0 aliphatic carbocycles. The molecule has 1 atom stereocenters. The van der Waals surface area contributed by atoms with Crippen LogP contribution < -0.4 is 14.4 Å². The van der Waals surface area contributed by atoms with Crippen molar-refractivity contribution in [3.05, 3.63) is 60.2 Å². The molecule has 0 radical (unpaired) electrons. The molecule has 9 heteroatoms. The summed E-state index contributed by atoms with van der Waals surface area (Å²) < 4.78 is 31.4. The Labute approximate surface area is 202 Å². The van der Waals surface area contributed by atoms with E-state index in [0.29, 0.717) is 24.4 Å². The zero-order chi connectivity index (χ0) is 25.3. The number of benzene rings is 2. The Balaban J connectivity index is 2.38. The molecule has 1 N–H and O–H groups in total. The van der Waals surface area contributed by atoms with E-state index in [0.717, 1.165) is 16.1 Å². The standard InChI is InChI=1S/C25H35N3O5S/c1-6-23(25(30)26-16-19(2)3)27(17-20-10-8-7-9-11-20)24(29)18-28(34(5,31)32)21-12-14-22(33-4)15-13-21/h7-15,19,23H,6,16-18H2,1-5H3,(H,26,30)/t23-/m1/s1. The topological polar surface area (TPSA) is 96.0 Å². The summed E-state index contributed by atoms with van der Waals surface area (Å²) >= 11 is 0. The fourth-order valence-corrected chi connectivity index (χ4v) is 4.33. The predicted molar refractivity (Wildman–Crippen MR) is 134 cm³/mol. The van der Waals surface area contributed by atoms with Crippen LogP contribution >= 0.6 is 0 Å². The van der Waals surface area contributed by atoms with Gasteiger partial charge in [0.25, 0.3) is 0 Å². The van der Waals surface area contributed by atoms with Crippen LogP contribution in [0.2, 0.25) is 0 Å². The number of ether oxygens (including phenoxy) is 1. The van der Waals surface area contributed by atoms with Gasteiger partial charge >= 0.3 is 0 Å². The number of nitrogens with one attached hydrogen (secondary N) is 1. The van der Waals surface area contributed by atoms with Gasteiger partial charge in [-0.25, -0.2) is 8.42 Å². The zero-order valence-corrected chi connectivity index (χ0v) is 21.3. The lowest BCUT2D eigenvalue weighted by Gasteiger charge is -2.33. The number of carbonyl (C=O) groups is 2. The summed E-state index contributed by atoms with van der Waals surface area (Å²) in [5, 5.41) is 2.90. The molecule has 0 heterocycles. The summed E-state index contributed by atoms with van der Waals surface area (Å²) in [5.41, 5.74) is 1.19. The smallest absolute Gasteiger partial charge is 0.244 e. The van der Waals surface area contributed by atoms with Crippen molar-refractivity contribution in [2.75, 3.05) is 30.8 Å². The van der Waals surface area contributed by atoms with Gasteiger partial charge < -0.3 is 15.0 Å². The van der Waals surface area contributed by atoms with Crippen molar-refractivity contribution in [2.45, 2.75) is 39.8 Å². The molecule has 0 saturated carbocycles. The zero-order valence-electron chi connectivity index (χ0n) is 20.5. The van der Waals surface area contributed by atoms with E-state index in [9.17, 15) is 18.0 Å². The van der Waals surface area contributed by atoms with Gasteiger partial charge in [0.1, 0.15) is 18.3 Å². The van der Waals surface area contributed by atoms with Gasteiger partial charge in [0.2, 0.25) is 21.8 Å². The molecular weight excluding hydrogens is 454 g/mol. The highest BCUT2D eigenvalue weighted by atomic mass is 32.2. The molecule has 0 saturated heterocycles. The van der Waals surface area contributed by atoms with Gasteiger partial charge in [-0.1, -0.05) is 51.1 Å². The number of carbonyl (C=O) groups excluding carboxylic acids is 2. The summed E-state index contributed by atoms with van der Waals surface area (Å²) in [5.74, 6) is 0.116. The Kier molecular flexibility index (Phi) is 9.92. The molecule has 0 aromatic heterocycles. The molecule has 186 valence electrons. The number of hydrogen-bond acceptors (Lipinski definition) is 5. The molecule has 2 amide bonds. The van der Waals surface area contributed by atoms with Gasteiger partial charge in [0.05, 0.1) is 19.1 Å².